The maximum atomic E-state index is 6.00. The number of ether oxygens (including phenoxy) is 2. The van der Waals surface area contributed by atoms with Gasteiger partial charge in [-0.3, -0.25) is 9.88 Å². The lowest BCUT2D eigenvalue weighted by molar-refractivity contribution is 0.0885. The molecule has 0 amide bonds. The molecule has 2 fully saturated rings. The summed E-state index contributed by atoms with van der Waals surface area (Å²) in [6.07, 6.45) is 3.52. The number of nitrogens with zero attached hydrogens (tertiary/aromatic N) is 2. The number of aryl methyl sites for hydroxylation is 1. The molecular weight excluding hydrogens is 292 g/mol. The molecular formula is C18H22N2O3. The lowest BCUT2D eigenvalue weighted by Crippen LogP contribution is -2.36. The van der Waals surface area contributed by atoms with Crippen molar-refractivity contribution in [1.82, 2.24) is 9.88 Å². The van der Waals surface area contributed by atoms with E-state index in [0.717, 1.165) is 50.1 Å². The summed E-state index contributed by atoms with van der Waals surface area (Å²) in [5.74, 6) is 3.35. The zero-order valence-corrected chi connectivity index (χ0v) is 13.4. The Labute approximate surface area is 136 Å². The summed E-state index contributed by atoms with van der Waals surface area (Å²) in [7, 11) is 0. The van der Waals surface area contributed by atoms with Crippen molar-refractivity contribution >= 4 is 0 Å². The molecule has 0 radical (unpaired) electrons. The third-order valence-corrected chi connectivity index (χ3v) is 4.93. The average molecular weight is 314 g/mol. The van der Waals surface area contributed by atoms with Gasteiger partial charge in [0.05, 0.1) is 32.6 Å². The molecule has 5 heteroatoms. The molecule has 0 aromatic carbocycles. The van der Waals surface area contributed by atoms with Crippen LogP contribution in [0.5, 0.6) is 5.75 Å². The monoisotopic (exact) mass is 314 g/mol. The number of hydrogen-bond acceptors (Lipinski definition) is 5. The van der Waals surface area contributed by atoms with Crippen molar-refractivity contribution in [3.05, 3.63) is 48.2 Å². The van der Waals surface area contributed by atoms with Crippen LogP contribution in [-0.2, 0) is 11.3 Å². The predicted octanol–water partition coefficient (Wildman–Crippen LogP) is 2.51. The zero-order chi connectivity index (χ0) is 15.7. The summed E-state index contributed by atoms with van der Waals surface area (Å²) in [6, 6.07) is 7.94. The van der Waals surface area contributed by atoms with E-state index in [1.807, 2.05) is 25.1 Å². The second kappa shape index (κ2) is 5.98. The van der Waals surface area contributed by atoms with Gasteiger partial charge in [-0.1, -0.05) is 0 Å². The van der Waals surface area contributed by atoms with Gasteiger partial charge in [0.1, 0.15) is 17.3 Å². The summed E-state index contributed by atoms with van der Waals surface area (Å²) in [5.41, 5.74) is 0.0808. The minimum absolute atomic E-state index is 0.0808. The number of fused-ring (bicyclic) bond motifs is 1. The molecule has 4 heterocycles. The van der Waals surface area contributed by atoms with Crippen molar-refractivity contribution < 1.29 is 13.9 Å². The number of furan rings is 1. The molecule has 0 spiro atoms. The summed E-state index contributed by atoms with van der Waals surface area (Å²) in [4.78, 5) is 6.56. The minimum atomic E-state index is 0.0808. The first kappa shape index (κ1) is 14.7. The zero-order valence-electron chi connectivity index (χ0n) is 13.4. The molecule has 122 valence electrons. The molecule has 23 heavy (non-hydrogen) atoms. The summed E-state index contributed by atoms with van der Waals surface area (Å²) < 4.78 is 17.5. The second-order valence-electron chi connectivity index (χ2n) is 6.73. The van der Waals surface area contributed by atoms with Crippen molar-refractivity contribution in [3.63, 3.8) is 0 Å². The van der Waals surface area contributed by atoms with Gasteiger partial charge in [-0.25, -0.2) is 0 Å². The van der Waals surface area contributed by atoms with E-state index in [0.29, 0.717) is 12.5 Å². The molecule has 0 unspecified atom stereocenters. The summed E-state index contributed by atoms with van der Waals surface area (Å²) >= 11 is 0. The third-order valence-electron chi connectivity index (χ3n) is 4.93. The van der Waals surface area contributed by atoms with E-state index < -0.39 is 0 Å². The first-order chi connectivity index (χ1) is 11.2. The topological polar surface area (TPSA) is 47.7 Å². The lowest BCUT2D eigenvalue weighted by Gasteiger charge is -2.27. The standard InChI is InChI=1S/C18H22N2O3/c1-14-4-5-17(23-14)9-20-8-15-10-21-12-18(15,11-20)13-22-16-3-2-6-19-7-16/h2-7,15H,8-13H2,1H3/t15-,18+/m1/s1. The van der Waals surface area contributed by atoms with Crippen LogP contribution in [0.3, 0.4) is 0 Å². The minimum Gasteiger partial charge on any atom is -0.491 e. The maximum absolute atomic E-state index is 6.00. The highest BCUT2D eigenvalue weighted by molar-refractivity contribution is 5.16. The van der Waals surface area contributed by atoms with Crippen LogP contribution in [0, 0.1) is 18.3 Å². The van der Waals surface area contributed by atoms with Crippen LogP contribution in [-0.4, -0.2) is 42.8 Å². The first-order valence-electron chi connectivity index (χ1n) is 8.12. The van der Waals surface area contributed by atoms with Gasteiger partial charge >= 0.3 is 0 Å². The molecule has 2 aliphatic heterocycles. The molecule has 0 saturated carbocycles. The predicted molar refractivity (Wildman–Crippen MR) is 85.2 cm³/mol. The largest absolute Gasteiger partial charge is 0.491 e. The number of pyridine rings is 1. The average Bonchev–Trinajstić information content (AvgIpc) is 3.21. The van der Waals surface area contributed by atoms with Crippen LogP contribution >= 0.6 is 0 Å². The van der Waals surface area contributed by atoms with Gasteiger partial charge in [0.25, 0.3) is 0 Å². The van der Waals surface area contributed by atoms with Gasteiger partial charge in [0.15, 0.2) is 0 Å². The highest BCUT2D eigenvalue weighted by Crippen LogP contribution is 2.42. The number of aromatic nitrogens is 1. The van der Waals surface area contributed by atoms with Gasteiger partial charge in [0.2, 0.25) is 0 Å². The third kappa shape index (κ3) is 2.99. The van der Waals surface area contributed by atoms with Crippen LogP contribution in [0.4, 0.5) is 0 Å². The van der Waals surface area contributed by atoms with Crippen molar-refractivity contribution in [1.29, 1.82) is 0 Å². The second-order valence-corrected chi connectivity index (χ2v) is 6.73. The fourth-order valence-corrected chi connectivity index (χ4v) is 3.72. The maximum Gasteiger partial charge on any atom is 0.137 e. The highest BCUT2D eigenvalue weighted by Gasteiger charge is 2.51. The highest BCUT2D eigenvalue weighted by atomic mass is 16.5. The van der Waals surface area contributed by atoms with Crippen molar-refractivity contribution in [2.24, 2.45) is 11.3 Å². The Hall–Kier alpha value is -1.85. The molecule has 0 N–H and O–H groups in total. The molecule has 0 bridgehead atoms. The fourth-order valence-electron chi connectivity index (χ4n) is 3.72. The lowest BCUT2D eigenvalue weighted by atomic mass is 9.82. The van der Waals surface area contributed by atoms with Gasteiger partial charge in [0, 0.05) is 30.6 Å². The van der Waals surface area contributed by atoms with Crippen molar-refractivity contribution in [3.8, 4) is 5.75 Å². The van der Waals surface area contributed by atoms with Crippen molar-refractivity contribution in [2.45, 2.75) is 13.5 Å². The summed E-state index contributed by atoms with van der Waals surface area (Å²) in [6.45, 7) is 7.14. The van der Waals surface area contributed by atoms with Crippen molar-refractivity contribution in [2.75, 3.05) is 32.9 Å². The molecule has 2 aromatic rings. The van der Waals surface area contributed by atoms with Gasteiger partial charge in [-0.2, -0.15) is 0 Å². The normalized spacial score (nSPS) is 27.3. The molecule has 4 rings (SSSR count). The summed E-state index contributed by atoms with van der Waals surface area (Å²) in [5, 5.41) is 0. The Balaban J connectivity index is 1.42. The first-order valence-corrected chi connectivity index (χ1v) is 8.12. The molecule has 2 atom stereocenters. The van der Waals surface area contributed by atoms with Crippen LogP contribution in [0.15, 0.2) is 41.1 Å². The van der Waals surface area contributed by atoms with Crippen LogP contribution in [0.25, 0.3) is 0 Å². The Morgan fingerprint density at radius 2 is 2.35 bits per heavy atom. The van der Waals surface area contributed by atoms with E-state index in [1.54, 1.807) is 12.4 Å². The van der Waals surface area contributed by atoms with E-state index in [9.17, 15) is 0 Å². The molecule has 2 aliphatic rings. The van der Waals surface area contributed by atoms with E-state index in [1.165, 1.54) is 0 Å². The van der Waals surface area contributed by atoms with E-state index >= 15 is 0 Å². The van der Waals surface area contributed by atoms with Crippen LogP contribution in [0.1, 0.15) is 11.5 Å². The molecule has 2 saturated heterocycles. The Kier molecular flexibility index (Phi) is 3.83. The Morgan fingerprint density at radius 3 is 3.13 bits per heavy atom. The smallest absolute Gasteiger partial charge is 0.137 e. The Bertz CT molecular complexity index is 657. The number of rotatable bonds is 5. The van der Waals surface area contributed by atoms with Gasteiger partial charge < -0.3 is 13.9 Å². The van der Waals surface area contributed by atoms with Gasteiger partial charge in [-0.15, -0.1) is 0 Å². The van der Waals surface area contributed by atoms with E-state index in [-0.39, 0.29) is 5.41 Å². The fraction of sp³-hybridized carbons (Fsp3) is 0.500. The molecule has 0 aliphatic carbocycles. The molecule has 2 aromatic heterocycles. The van der Waals surface area contributed by atoms with Gasteiger partial charge in [-0.05, 0) is 31.2 Å². The Morgan fingerprint density at radius 1 is 1.39 bits per heavy atom. The number of hydrogen-bond donors (Lipinski definition) is 0. The van der Waals surface area contributed by atoms with E-state index in [4.69, 9.17) is 13.9 Å². The van der Waals surface area contributed by atoms with Crippen LogP contribution in [0.2, 0.25) is 0 Å². The van der Waals surface area contributed by atoms with E-state index in [2.05, 4.69) is 16.0 Å². The quantitative estimate of drug-likeness (QED) is 0.848. The van der Waals surface area contributed by atoms with Crippen LogP contribution < -0.4 is 4.74 Å². The SMILES string of the molecule is Cc1ccc(CN2C[C@@H]3COC[C@]3(COc3cccnc3)C2)o1. The molecule has 5 nitrogen and oxygen atoms in total. The number of likely N-dealkylation sites (tertiary alicyclic amines) is 1.